The van der Waals surface area contributed by atoms with Crippen molar-refractivity contribution in [3.63, 3.8) is 0 Å². The van der Waals surface area contributed by atoms with E-state index in [1.807, 2.05) is 30.3 Å². The van der Waals surface area contributed by atoms with Crippen LogP contribution in [0.3, 0.4) is 0 Å². The van der Waals surface area contributed by atoms with Crippen LogP contribution in [0.25, 0.3) is 11.0 Å². The second-order valence-corrected chi connectivity index (χ2v) is 9.25. The van der Waals surface area contributed by atoms with Gasteiger partial charge in [0.1, 0.15) is 10.5 Å². The Morgan fingerprint density at radius 1 is 1.11 bits per heavy atom. The van der Waals surface area contributed by atoms with Crippen molar-refractivity contribution in [2.75, 3.05) is 19.8 Å². The molecule has 1 N–H and O–H groups in total. The van der Waals surface area contributed by atoms with Gasteiger partial charge in [-0.2, -0.15) is 4.31 Å². The Morgan fingerprint density at radius 2 is 1.89 bits per heavy atom. The van der Waals surface area contributed by atoms with E-state index in [0.29, 0.717) is 35.7 Å². The summed E-state index contributed by atoms with van der Waals surface area (Å²) in [5.74, 6) is 0. The van der Waals surface area contributed by atoms with Gasteiger partial charge < -0.3 is 9.72 Å². The van der Waals surface area contributed by atoms with Crippen molar-refractivity contribution in [2.24, 2.45) is 5.41 Å². The Balaban J connectivity index is 1.59. The molecule has 0 radical (unpaired) electrons. The minimum atomic E-state index is -3.64. The van der Waals surface area contributed by atoms with E-state index in [0.717, 1.165) is 18.4 Å². The highest BCUT2D eigenvalue weighted by Crippen LogP contribution is 2.56. The molecule has 2 aliphatic heterocycles. The van der Waals surface area contributed by atoms with E-state index in [-0.39, 0.29) is 11.5 Å². The second kappa shape index (κ2) is 6.15. The first-order chi connectivity index (χ1) is 13.1. The van der Waals surface area contributed by atoms with E-state index in [1.54, 1.807) is 28.8 Å². The van der Waals surface area contributed by atoms with E-state index >= 15 is 0 Å². The Morgan fingerprint density at radius 3 is 2.67 bits per heavy atom. The average molecular weight is 383 g/mol. The van der Waals surface area contributed by atoms with E-state index in [9.17, 15) is 8.42 Å². The lowest BCUT2D eigenvalue weighted by Crippen LogP contribution is -2.62. The van der Waals surface area contributed by atoms with Crippen LogP contribution in [0.2, 0.25) is 0 Å². The van der Waals surface area contributed by atoms with Gasteiger partial charge in [0.05, 0.1) is 6.04 Å². The first-order valence-corrected chi connectivity index (χ1v) is 10.6. The highest BCUT2D eigenvalue weighted by atomic mass is 32.2. The molecular formula is C20H21N3O3S. The summed E-state index contributed by atoms with van der Waals surface area (Å²) in [7, 11) is -3.64. The molecule has 7 heteroatoms. The van der Waals surface area contributed by atoms with E-state index < -0.39 is 10.0 Å². The summed E-state index contributed by atoms with van der Waals surface area (Å²) < 4.78 is 34.3. The predicted octanol–water partition coefficient (Wildman–Crippen LogP) is 3.11. The van der Waals surface area contributed by atoms with Gasteiger partial charge in [-0.15, -0.1) is 0 Å². The zero-order valence-electron chi connectivity index (χ0n) is 14.8. The number of nitrogens with zero attached hydrogens (tertiary/aromatic N) is 2. The molecule has 2 saturated heterocycles. The van der Waals surface area contributed by atoms with E-state index in [2.05, 4.69) is 9.97 Å². The molecule has 0 saturated carbocycles. The number of hydrogen-bond donors (Lipinski definition) is 1. The standard InChI is InChI=1S/C20H21N3O3S/c24-27(25,17-13-22-19-16(17)7-4-10-21-19)23-14-20(8-11-26-12-9-20)18(23)15-5-2-1-3-6-15/h1-7,10,13,18H,8-9,11-12,14H2,(H,21,22)/t18-/m1/s1. The number of aromatic amines is 1. The maximum Gasteiger partial charge on any atom is 0.245 e. The van der Waals surface area contributed by atoms with Gasteiger partial charge in [0.2, 0.25) is 10.0 Å². The summed E-state index contributed by atoms with van der Waals surface area (Å²) in [5, 5.41) is 0.636. The van der Waals surface area contributed by atoms with E-state index in [4.69, 9.17) is 4.74 Å². The van der Waals surface area contributed by atoms with Crippen molar-refractivity contribution in [3.8, 4) is 0 Å². The highest BCUT2D eigenvalue weighted by molar-refractivity contribution is 7.89. The molecule has 0 bridgehead atoms. The molecule has 1 atom stereocenters. The molecule has 1 spiro atoms. The van der Waals surface area contributed by atoms with Crippen LogP contribution in [0.1, 0.15) is 24.4 Å². The molecule has 3 aromatic rings. The fourth-order valence-electron chi connectivity index (χ4n) is 4.54. The molecule has 2 aromatic heterocycles. The van der Waals surface area contributed by atoms with Crippen LogP contribution in [-0.4, -0.2) is 42.4 Å². The lowest BCUT2D eigenvalue weighted by atomic mass is 9.65. The van der Waals surface area contributed by atoms with Gasteiger partial charge >= 0.3 is 0 Å². The van der Waals surface area contributed by atoms with Gasteiger partial charge in [0, 0.05) is 43.0 Å². The smallest absolute Gasteiger partial charge is 0.245 e. The molecule has 140 valence electrons. The molecule has 5 rings (SSSR count). The largest absolute Gasteiger partial charge is 0.381 e. The summed E-state index contributed by atoms with van der Waals surface area (Å²) in [6.45, 7) is 1.91. The number of fused-ring (bicyclic) bond motifs is 1. The summed E-state index contributed by atoms with van der Waals surface area (Å²) in [6, 6.07) is 13.4. The molecule has 0 amide bonds. The van der Waals surface area contributed by atoms with Crippen LogP contribution in [0.4, 0.5) is 0 Å². The zero-order chi connectivity index (χ0) is 18.5. The highest BCUT2D eigenvalue weighted by Gasteiger charge is 2.58. The number of rotatable bonds is 3. The topological polar surface area (TPSA) is 75.3 Å². The van der Waals surface area contributed by atoms with Crippen molar-refractivity contribution < 1.29 is 13.2 Å². The Kier molecular flexibility index (Phi) is 3.86. The summed E-state index contributed by atoms with van der Waals surface area (Å²) >= 11 is 0. The Labute approximate surface area is 158 Å². The van der Waals surface area contributed by atoms with Gasteiger partial charge in [0.25, 0.3) is 0 Å². The number of aromatic nitrogens is 2. The molecule has 0 aliphatic carbocycles. The number of ether oxygens (including phenoxy) is 1. The van der Waals surface area contributed by atoms with Gasteiger partial charge in [-0.05, 0) is 30.5 Å². The van der Waals surface area contributed by atoms with Crippen molar-refractivity contribution in [3.05, 3.63) is 60.4 Å². The van der Waals surface area contributed by atoms with E-state index in [1.165, 1.54) is 0 Å². The SMILES string of the molecule is O=S(=O)(c1c[nH]c2ncccc12)N1CC2(CCOCC2)[C@H]1c1ccccc1. The number of pyridine rings is 1. The first kappa shape index (κ1) is 16.9. The summed E-state index contributed by atoms with van der Waals surface area (Å²) in [6.07, 6.45) is 4.98. The molecule has 2 fully saturated rings. The predicted molar refractivity (Wildman–Crippen MR) is 102 cm³/mol. The minimum absolute atomic E-state index is 0.0446. The van der Waals surface area contributed by atoms with Crippen LogP contribution < -0.4 is 0 Å². The maximum atomic E-state index is 13.5. The third-order valence-electron chi connectivity index (χ3n) is 5.94. The van der Waals surface area contributed by atoms with Crippen LogP contribution in [0.15, 0.2) is 59.8 Å². The summed E-state index contributed by atoms with van der Waals surface area (Å²) in [5.41, 5.74) is 1.60. The second-order valence-electron chi connectivity index (χ2n) is 7.39. The molecule has 2 aliphatic rings. The zero-order valence-corrected chi connectivity index (χ0v) is 15.7. The van der Waals surface area contributed by atoms with Crippen molar-refractivity contribution in [1.82, 2.24) is 14.3 Å². The molecule has 6 nitrogen and oxygen atoms in total. The maximum absolute atomic E-state index is 13.5. The Bertz CT molecular complexity index is 1070. The lowest BCUT2D eigenvalue weighted by Gasteiger charge is -2.58. The van der Waals surface area contributed by atoms with Crippen molar-refractivity contribution in [2.45, 2.75) is 23.8 Å². The van der Waals surface area contributed by atoms with Gasteiger partial charge in [-0.1, -0.05) is 30.3 Å². The Hall–Kier alpha value is -2.22. The van der Waals surface area contributed by atoms with Crippen LogP contribution in [-0.2, 0) is 14.8 Å². The number of hydrogen-bond acceptors (Lipinski definition) is 4. The monoisotopic (exact) mass is 383 g/mol. The molecule has 0 unspecified atom stereocenters. The van der Waals surface area contributed by atoms with Gasteiger partial charge in [0.15, 0.2) is 0 Å². The third kappa shape index (κ3) is 2.53. The van der Waals surface area contributed by atoms with Crippen LogP contribution >= 0.6 is 0 Å². The van der Waals surface area contributed by atoms with Crippen LogP contribution in [0, 0.1) is 5.41 Å². The average Bonchev–Trinajstić information content (AvgIpc) is 3.13. The number of benzene rings is 1. The molecule has 4 heterocycles. The molecular weight excluding hydrogens is 362 g/mol. The number of nitrogens with one attached hydrogen (secondary N) is 1. The quantitative estimate of drug-likeness (QED) is 0.754. The molecule has 27 heavy (non-hydrogen) atoms. The third-order valence-corrected chi connectivity index (χ3v) is 7.79. The fraction of sp³-hybridized carbons (Fsp3) is 0.350. The minimum Gasteiger partial charge on any atom is -0.381 e. The number of sulfonamides is 1. The first-order valence-electron chi connectivity index (χ1n) is 9.19. The fourth-order valence-corrected chi connectivity index (χ4v) is 6.49. The van der Waals surface area contributed by atoms with Crippen molar-refractivity contribution in [1.29, 1.82) is 0 Å². The number of H-pyrrole nitrogens is 1. The normalized spacial score (nSPS) is 22.7. The van der Waals surface area contributed by atoms with Crippen molar-refractivity contribution >= 4 is 21.1 Å². The van der Waals surface area contributed by atoms with Gasteiger partial charge in [-0.3, -0.25) is 0 Å². The van der Waals surface area contributed by atoms with Gasteiger partial charge in [-0.25, -0.2) is 13.4 Å². The summed E-state index contributed by atoms with van der Waals surface area (Å²) in [4.78, 5) is 7.51. The van der Waals surface area contributed by atoms with Crippen LogP contribution in [0.5, 0.6) is 0 Å². The lowest BCUT2D eigenvalue weighted by molar-refractivity contribution is -0.0952. The molecule has 1 aromatic carbocycles.